The summed E-state index contributed by atoms with van der Waals surface area (Å²) in [6.07, 6.45) is 2.23. The van der Waals surface area contributed by atoms with Crippen molar-refractivity contribution < 1.29 is 0 Å². The van der Waals surface area contributed by atoms with Crippen LogP contribution in [0.2, 0.25) is 0 Å². The van der Waals surface area contributed by atoms with Crippen LogP contribution in [0.4, 0.5) is 0 Å². The van der Waals surface area contributed by atoms with Crippen LogP contribution in [-0.2, 0) is 16.2 Å². The third-order valence-electron chi connectivity index (χ3n) is 5.57. The van der Waals surface area contributed by atoms with Crippen LogP contribution in [0.25, 0.3) is 0 Å². The Bertz CT molecular complexity index is 673. The lowest BCUT2D eigenvalue weighted by molar-refractivity contribution is 0.472. The molecule has 0 spiro atoms. The van der Waals surface area contributed by atoms with Crippen LogP contribution in [-0.4, -0.2) is 0 Å². The van der Waals surface area contributed by atoms with Crippen LogP contribution < -0.4 is 0 Å². The molecule has 0 aliphatic heterocycles. The summed E-state index contributed by atoms with van der Waals surface area (Å²) in [6.45, 7) is 13.9. The number of rotatable bonds is 5. The highest BCUT2D eigenvalue weighted by atomic mass is 79.9. The molecule has 24 heavy (non-hydrogen) atoms. The minimum absolute atomic E-state index is 0.0868. The fourth-order valence-corrected chi connectivity index (χ4v) is 4.38. The van der Waals surface area contributed by atoms with Gasteiger partial charge in [0, 0.05) is 10.7 Å². The van der Waals surface area contributed by atoms with Gasteiger partial charge in [-0.2, -0.15) is 0 Å². The molecule has 2 aromatic rings. The number of hydrogen-bond acceptors (Lipinski definition) is 0. The zero-order chi connectivity index (χ0) is 18.0. The number of halogens is 1. The highest BCUT2D eigenvalue weighted by molar-refractivity contribution is 9.08. The maximum atomic E-state index is 3.71. The van der Waals surface area contributed by atoms with Gasteiger partial charge in [0.05, 0.1) is 0 Å². The molecule has 0 heterocycles. The highest BCUT2D eigenvalue weighted by Gasteiger charge is 2.33. The normalized spacial score (nSPS) is 12.5. The largest absolute Gasteiger partial charge is 0.0876 e. The third-order valence-corrected chi connectivity index (χ3v) is 6.18. The van der Waals surface area contributed by atoms with Crippen molar-refractivity contribution in [2.45, 2.75) is 70.5 Å². The predicted octanol–water partition coefficient (Wildman–Crippen LogP) is 7.29. The second-order valence-corrected chi connectivity index (χ2v) is 8.41. The van der Waals surface area contributed by atoms with E-state index in [1.165, 1.54) is 27.8 Å². The Morgan fingerprint density at radius 2 is 1.46 bits per heavy atom. The van der Waals surface area contributed by atoms with E-state index in [-0.39, 0.29) is 10.8 Å². The summed E-state index contributed by atoms with van der Waals surface area (Å²) in [5.74, 6) is 0. The van der Waals surface area contributed by atoms with E-state index in [1.807, 2.05) is 0 Å². The fraction of sp³-hybridized carbons (Fsp3) is 0.478. The van der Waals surface area contributed by atoms with Gasteiger partial charge in [-0.3, -0.25) is 0 Å². The van der Waals surface area contributed by atoms with Crippen LogP contribution in [0.3, 0.4) is 0 Å². The lowest BCUT2D eigenvalue weighted by Crippen LogP contribution is -2.28. The molecule has 0 unspecified atom stereocenters. The van der Waals surface area contributed by atoms with E-state index in [4.69, 9.17) is 0 Å². The van der Waals surface area contributed by atoms with Crippen molar-refractivity contribution in [2.24, 2.45) is 0 Å². The monoisotopic (exact) mass is 386 g/mol. The van der Waals surface area contributed by atoms with Crippen molar-refractivity contribution in [2.75, 3.05) is 0 Å². The summed E-state index contributed by atoms with van der Waals surface area (Å²) in [6, 6.07) is 15.9. The van der Waals surface area contributed by atoms with Crippen molar-refractivity contribution in [3.05, 3.63) is 70.3 Å². The highest BCUT2D eigenvalue weighted by Crippen LogP contribution is 2.43. The summed E-state index contributed by atoms with van der Waals surface area (Å²) in [4.78, 5) is 0. The first kappa shape index (κ1) is 19.2. The summed E-state index contributed by atoms with van der Waals surface area (Å²) >= 11 is 3.71. The van der Waals surface area contributed by atoms with Gasteiger partial charge in [0.1, 0.15) is 0 Å². The van der Waals surface area contributed by atoms with E-state index >= 15 is 0 Å². The predicted molar refractivity (Wildman–Crippen MR) is 110 cm³/mol. The molecule has 0 saturated carbocycles. The molecule has 0 radical (unpaired) electrons. The van der Waals surface area contributed by atoms with Gasteiger partial charge < -0.3 is 0 Å². The van der Waals surface area contributed by atoms with Crippen molar-refractivity contribution in [3.63, 3.8) is 0 Å². The summed E-state index contributed by atoms with van der Waals surface area (Å²) < 4.78 is 0. The van der Waals surface area contributed by atoms with Gasteiger partial charge in [-0.15, -0.1) is 0 Å². The van der Waals surface area contributed by atoms with Crippen LogP contribution in [0.1, 0.15) is 75.3 Å². The number of hydrogen-bond donors (Lipinski definition) is 0. The minimum Gasteiger partial charge on any atom is -0.0876 e. The molecule has 2 aromatic carbocycles. The third kappa shape index (κ3) is 3.47. The molecule has 0 atom stereocenters. The minimum atomic E-state index is 0.0868. The molecule has 1 heteroatoms. The molecule has 0 fully saturated rings. The van der Waals surface area contributed by atoms with Gasteiger partial charge >= 0.3 is 0 Å². The molecular formula is C23H31Br. The van der Waals surface area contributed by atoms with Crippen LogP contribution in [0.5, 0.6) is 0 Å². The van der Waals surface area contributed by atoms with Crippen LogP contribution in [0.15, 0.2) is 42.5 Å². The van der Waals surface area contributed by atoms with E-state index in [1.54, 1.807) is 0 Å². The summed E-state index contributed by atoms with van der Waals surface area (Å²) in [7, 11) is 0. The Hall–Kier alpha value is -1.08. The quantitative estimate of drug-likeness (QED) is 0.473. The smallest absolute Gasteiger partial charge is 0.0285 e. The molecular weight excluding hydrogens is 356 g/mol. The topological polar surface area (TPSA) is 0 Å². The van der Waals surface area contributed by atoms with E-state index in [0.29, 0.717) is 0 Å². The number of alkyl halides is 1. The van der Waals surface area contributed by atoms with Crippen molar-refractivity contribution >= 4 is 15.9 Å². The fourth-order valence-electron chi connectivity index (χ4n) is 3.80. The number of benzene rings is 2. The van der Waals surface area contributed by atoms with Gasteiger partial charge in [-0.25, -0.2) is 0 Å². The molecule has 130 valence electrons. The van der Waals surface area contributed by atoms with Crippen molar-refractivity contribution in [1.82, 2.24) is 0 Å². The molecule has 0 aliphatic rings. The first-order chi connectivity index (χ1) is 11.3. The maximum absolute atomic E-state index is 3.71. The molecule has 0 bridgehead atoms. The molecule has 0 aromatic heterocycles. The van der Waals surface area contributed by atoms with Gasteiger partial charge in [0.15, 0.2) is 0 Å². The van der Waals surface area contributed by atoms with E-state index in [2.05, 4.69) is 99.9 Å². The van der Waals surface area contributed by atoms with Crippen molar-refractivity contribution in [3.8, 4) is 0 Å². The first-order valence-corrected chi connectivity index (χ1v) is 10.2. The lowest BCUT2D eigenvalue weighted by atomic mass is 9.67. The second kappa shape index (κ2) is 7.44. The average Bonchev–Trinajstić information content (AvgIpc) is 2.57. The summed E-state index contributed by atoms with van der Waals surface area (Å²) in [5.41, 5.74) is 7.46. The lowest BCUT2D eigenvalue weighted by Gasteiger charge is -2.36. The Labute approximate surface area is 156 Å². The Balaban J connectivity index is 2.80. The summed E-state index contributed by atoms with van der Waals surface area (Å²) in [5, 5.41) is 0.911. The van der Waals surface area contributed by atoms with E-state index in [0.717, 1.165) is 18.2 Å². The van der Waals surface area contributed by atoms with Gasteiger partial charge in [-0.1, -0.05) is 93.0 Å². The second-order valence-electron chi connectivity index (χ2n) is 7.85. The molecule has 0 nitrogen and oxygen atoms in total. The molecule has 0 N–H and O–H groups in total. The first-order valence-electron chi connectivity index (χ1n) is 9.06. The van der Waals surface area contributed by atoms with Crippen LogP contribution in [0, 0.1) is 6.92 Å². The van der Waals surface area contributed by atoms with E-state index in [9.17, 15) is 0 Å². The molecule has 0 amide bonds. The average molecular weight is 387 g/mol. The zero-order valence-electron chi connectivity index (χ0n) is 16.0. The Kier molecular flexibility index (Phi) is 5.96. The molecule has 0 saturated heterocycles. The van der Waals surface area contributed by atoms with Gasteiger partial charge in [0.25, 0.3) is 0 Å². The standard InChI is InChI=1S/C23H31Br/c1-7-23(8-2,19-12-10-9-11-13-19)21-15-20(22(4,5)6)14-18(16-24)17(21)3/h9-15H,7-8,16H2,1-6H3. The van der Waals surface area contributed by atoms with E-state index < -0.39 is 0 Å². The Morgan fingerprint density at radius 3 is 1.92 bits per heavy atom. The van der Waals surface area contributed by atoms with Crippen molar-refractivity contribution in [1.29, 1.82) is 0 Å². The van der Waals surface area contributed by atoms with Gasteiger partial charge in [0.2, 0.25) is 0 Å². The maximum Gasteiger partial charge on any atom is 0.0285 e. The molecule has 0 aliphatic carbocycles. The van der Waals surface area contributed by atoms with Gasteiger partial charge in [-0.05, 0) is 53.0 Å². The Morgan fingerprint density at radius 1 is 0.875 bits per heavy atom. The SMILES string of the molecule is CCC(CC)(c1ccccc1)c1cc(C(C)(C)C)cc(CBr)c1C. The molecule has 2 rings (SSSR count). The van der Waals surface area contributed by atoms with Crippen LogP contribution >= 0.6 is 15.9 Å². The zero-order valence-corrected chi connectivity index (χ0v) is 17.6.